The van der Waals surface area contributed by atoms with E-state index in [1.165, 1.54) is 94.2 Å². The molecule has 0 aliphatic rings. The minimum atomic E-state index is -0.910. The third-order valence-corrected chi connectivity index (χ3v) is 15.5. The number of aryl methyl sites for hydroxylation is 4. The lowest BCUT2D eigenvalue weighted by atomic mass is 9.81. The summed E-state index contributed by atoms with van der Waals surface area (Å²) < 4.78 is 0. The zero-order chi connectivity index (χ0) is 43.5. The van der Waals surface area contributed by atoms with Gasteiger partial charge in [0.1, 0.15) is 0 Å². The number of nitrogens with zero attached hydrogens (tertiary/aromatic N) is 1. The second-order valence-corrected chi connectivity index (χ2v) is 21.1. The quantitative estimate of drug-likeness (QED) is 0.0928. The van der Waals surface area contributed by atoms with E-state index in [-0.39, 0.29) is 17.0 Å². The van der Waals surface area contributed by atoms with Gasteiger partial charge < -0.3 is 4.90 Å². The van der Waals surface area contributed by atoms with E-state index < -0.39 is 7.92 Å². The van der Waals surface area contributed by atoms with E-state index in [0.29, 0.717) is 0 Å². The first-order chi connectivity index (χ1) is 29.9. The number of para-hydroxylation sites is 1. The third kappa shape index (κ3) is 8.57. The first-order valence-corrected chi connectivity index (χ1v) is 23.4. The molecule has 0 aliphatic heterocycles. The zero-order valence-electron chi connectivity index (χ0n) is 37.9. The van der Waals surface area contributed by atoms with Crippen molar-refractivity contribution >= 4 is 24.2 Å². The van der Waals surface area contributed by atoms with Crippen molar-refractivity contribution in [3.63, 3.8) is 0 Å². The van der Waals surface area contributed by atoms with Gasteiger partial charge in [0.2, 0.25) is 0 Å². The molecule has 0 aromatic heterocycles. The second kappa shape index (κ2) is 18.1. The second-order valence-electron chi connectivity index (χ2n) is 18.2. The van der Waals surface area contributed by atoms with Gasteiger partial charge in [0.05, 0.1) is 0 Å². The van der Waals surface area contributed by atoms with Gasteiger partial charge in [-0.25, -0.2) is 0 Å². The Bertz CT molecular complexity index is 2500. The van der Waals surface area contributed by atoms with E-state index in [0.717, 1.165) is 0 Å². The molecule has 0 aliphatic carbocycles. The Hall–Kier alpha value is -6.01. The lowest BCUT2D eigenvalue weighted by molar-refractivity contribution is 0.793. The summed E-state index contributed by atoms with van der Waals surface area (Å²) in [4.78, 5) is 2.30. The molecule has 0 bridgehead atoms. The van der Waals surface area contributed by atoms with Crippen molar-refractivity contribution in [1.82, 2.24) is 0 Å². The Morgan fingerprint density at radius 3 is 1.03 bits per heavy atom. The van der Waals surface area contributed by atoms with Crippen molar-refractivity contribution in [3.05, 3.63) is 244 Å². The van der Waals surface area contributed by atoms with E-state index in [4.69, 9.17) is 0 Å². The van der Waals surface area contributed by atoms with Crippen molar-refractivity contribution in [2.75, 3.05) is 19.0 Å². The first-order valence-electron chi connectivity index (χ1n) is 22.0. The lowest BCUT2D eigenvalue weighted by Gasteiger charge is -2.38. The van der Waals surface area contributed by atoms with Crippen LogP contribution in [0.3, 0.4) is 0 Å². The molecule has 8 aromatic carbocycles. The van der Waals surface area contributed by atoms with Gasteiger partial charge in [-0.05, 0) is 130 Å². The van der Waals surface area contributed by atoms with Gasteiger partial charge in [0.15, 0.2) is 0 Å². The highest BCUT2D eigenvalue weighted by Gasteiger charge is 2.35. The molecular weight excluding hydrogens is 766 g/mol. The summed E-state index contributed by atoms with van der Waals surface area (Å²) in [5.41, 5.74) is 19.7. The van der Waals surface area contributed by atoms with E-state index >= 15 is 0 Å². The fourth-order valence-electron chi connectivity index (χ4n) is 9.95. The van der Waals surface area contributed by atoms with Gasteiger partial charge in [-0.3, -0.25) is 0 Å². The van der Waals surface area contributed by atoms with Crippen LogP contribution in [-0.4, -0.2) is 19.3 Å². The van der Waals surface area contributed by atoms with Crippen molar-refractivity contribution in [1.29, 1.82) is 0 Å². The molecule has 0 N–H and O–H groups in total. The molecule has 0 fully saturated rings. The molecule has 0 saturated carbocycles. The number of rotatable bonds is 11. The predicted octanol–water partition coefficient (Wildman–Crippen LogP) is 14.9. The predicted molar refractivity (Wildman–Crippen MR) is 271 cm³/mol. The lowest BCUT2D eigenvalue weighted by Crippen LogP contribution is -2.31. The molecule has 8 rings (SSSR count). The molecule has 0 saturated heterocycles. The highest BCUT2D eigenvalue weighted by Crippen LogP contribution is 2.54. The molecule has 310 valence electrons. The van der Waals surface area contributed by atoms with Crippen LogP contribution in [0.5, 0.6) is 0 Å². The van der Waals surface area contributed by atoms with Gasteiger partial charge >= 0.3 is 0 Å². The number of anilines is 1. The summed E-state index contributed by atoms with van der Waals surface area (Å²) in [5, 5.41) is 2.80. The summed E-state index contributed by atoms with van der Waals surface area (Å²) in [7, 11) is 3.47. The maximum absolute atomic E-state index is 2.47. The van der Waals surface area contributed by atoms with Gasteiger partial charge in [0, 0.05) is 36.9 Å². The van der Waals surface area contributed by atoms with E-state index in [2.05, 4.69) is 256 Å². The highest BCUT2D eigenvalue weighted by molar-refractivity contribution is 7.75. The summed E-state index contributed by atoms with van der Waals surface area (Å²) >= 11 is 0. The van der Waals surface area contributed by atoms with Crippen LogP contribution >= 0.6 is 7.92 Å². The minimum absolute atomic E-state index is 0.0623. The molecule has 8 aromatic rings. The van der Waals surface area contributed by atoms with E-state index in [1.807, 2.05) is 0 Å². The van der Waals surface area contributed by atoms with Gasteiger partial charge in [0.25, 0.3) is 0 Å². The topological polar surface area (TPSA) is 3.24 Å². The van der Waals surface area contributed by atoms with Crippen molar-refractivity contribution in [2.45, 2.75) is 65.5 Å². The van der Waals surface area contributed by atoms with Crippen LogP contribution in [0.2, 0.25) is 0 Å². The summed E-state index contributed by atoms with van der Waals surface area (Å²) in [6.07, 6.45) is 0. The van der Waals surface area contributed by atoms with Crippen LogP contribution in [0.25, 0.3) is 22.3 Å². The number of hydrogen-bond acceptors (Lipinski definition) is 1. The first kappa shape index (κ1) is 42.7. The van der Waals surface area contributed by atoms with Crippen molar-refractivity contribution in [2.24, 2.45) is 0 Å². The van der Waals surface area contributed by atoms with Gasteiger partial charge in [-0.15, -0.1) is 0 Å². The van der Waals surface area contributed by atoms with E-state index in [1.54, 1.807) is 0 Å². The summed E-state index contributed by atoms with van der Waals surface area (Å²) in [5.74, 6) is 0.264. The highest BCUT2D eigenvalue weighted by atomic mass is 31.1. The zero-order valence-corrected chi connectivity index (χ0v) is 38.8. The molecular formula is C60H60NP. The number of hydrogen-bond donors (Lipinski definition) is 0. The molecule has 1 nitrogen and oxygen atoms in total. The molecule has 62 heavy (non-hydrogen) atoms. The molecule has 1 unspecified atom stereocenters. The van der Waals surface area contributed by atoms with Crippen molar-refractivity contribution in [3.8, 4) is 22.3 Å². The van der Waals surface area contributed by atoms with Crippen LogP contribution in [0.4, 0.5) is 5.69 Å². The Morgan fingerprint density at radius 1 is 0.387 bits per heavy atom. The van der Waals surface area contributed by atoms with Crippen LogP contribution in [0.15, 0.2) is 188 Å². The van der Waals surface area contributed by atoms with Gasteiger partial charge in [-0.1, -0.05) is 203 Å². The normalized spacial score (nSPS) is 12.2. The Balaban J connectivity index is 1.39. The van der Waals surface area contributed by atoms with Crippen LogP contribution in [0, 0.1) is 27.7 Å². The SMILES string of the molecule is Cc1cc(C(c2ccccc2)c2ccccc2)cc(C)c1-c1cccc(-c2c(C)cc(C(c3ccccc3)c3ccccc3)cc2C)c1P(c1ccccc1N(C)C)C(C)(C)C. The minimum Gasteiger partial charge on any atom is -0.377 e. The molecule has 1 atom stereocenters. The maximum atomic E-state index is 2.47. The standard InChI is InChI=1S/C60H60NP/c1-41-37-49(57(45-25-14-10-15-26-45)46-27-16-11-17-28-46)38-42(2)55(41)51-33-24-34-52(59(51)62(60(5,6)7)54-36-23-22-35-53(54)61(8)9)56-43(3)39-50(40-44(56)4)58(47-29-18-12-19-30-47)48-31-20-13-21-32-48/h10-40,57-58H,1-9H3. The molecule has 0 radical (unpaired) electrons. The smallest absolute Gasteiger partial charge is 0.0442 e. The van der Waals surface area contributed by atoms with Gasteiger partial charge in [-0.2, -0.15) is 0 Å². The third-order valence-electron chi connectivity index (χ3n) is 12.4. The molecule has 2 heteroatoms. The fraction of sp³-hybridized carbons (Fsp3) is 0.200. The Kier molecular flexibility index (Phi) is 12.5. The Labute approximate surface area is 372 Å². The molecule has 0 heterocycles. The average molecular weight is 826 g/mol. The average Bonchev–Trinajstić information content (AvgIpc) is 3.25. The monoisotopic (exact) mass is 825 g/mol. The molecule has 0 amide bonds. The maximum Gasteiger partial charge on any atom is 0.0442 e. The van der Waals surface area contributed by atoms with Crippen molar-refractivity contribution < 1.29 is 0 Å². The van der Waals surface area contributed by atoms with Crippen LogP contribution < -0.4 is 15.5 Å². The Morgan fingerprint density at radius 2 is 0.710 bits per heavy atom. The largest absolute Gasteiger partial charge is 0.377 e. The summed E-state index contributed by atoms with van der Waals surface area (Å²) in [6, 6.07) is 70.1. The summed E-state index contributed by atoms with van der Waals surface area (Å²) in [6.45, 7) is 16.7. The number of benzene rings is 8. The van der Waals surface area contributed by atoms with Crippen LogP contribution in [0.1, 0.15) is 88.2 Å². The van der Waals surface area contributed by atoms with Crippen LogP contribution in [-0.2, 0) is 0 Å². The molecule has 0 spiro atoms. The fourth-order valence-corrected chi connectivity index (χ4v) is 13.2. The van der Waals surface area contributed by atoms with E-state index in [9.17, 15) is 0 Å².